The second kappa shape index (κ2) is 4.86. The molecule has 2 bridgehead atoms. The molecule has 2 unspecified atom stereocenters. The monoisotopic (exact) mass is 247 g/mol. The standard InChI is InChI=1S/C14H21N3O/c1-10-5-11(6-15-2)7-16-14(10)17-8-12-3-4-13(9-17)18-12/h5,7,12-13,15H,3-4,6,8-9H2,1-2H3. The number of ether oxygens (including phenoxy) is 1. The molecule has 1 N–H and O–H groups in total. The summed E-state index contributed by atoms with van der Waals surface area (Å²) in [6.07, 6.45) is 5.23. The fourth-order valence-electron chi connectivity index (χ4n) is 3.05. The van der Waals surface area contributed by atoms with Gasteiger partial charge in [0.1, 0.15) is 5.82 Å². The second-order valence-electron chi connectivity index (χ2n) is 5.38. The number of nitrogens with one attached hydrogen (secondary N) is 1. The smallest absolute Gasteiger partial charge is 0.131 e. The van der Waals surface area contributed by atoms with Gasteiger partial charge in [0.05, 0.1) is 12.2 Å². The fraction of sp³-hybridized carbons (Fsp3) is 0.643. The van der Waals surface area contributed by atoms with Crippen molar-refractivity contribution in [3.05, 3.63) is 23.4 Å². The van der Waals surface area contributed by atoms with Gasteiger partial charge in [0.25, 0.3) is 0 Å². The molecule has 2 fully saturated rings. The maximum absolute atomic E-state index is 5.87. The Kier molecular flexibility index (Phi) is 3.22. The van der Waals surface area contributed by atoms with Gasteiger partial charge >= 0.3 is 0 Å². The maximum Gasteiger partial charge on any atom is 0.131 e. The zero-order valence-electron chi connectivity index (χ0n) is 11.1. The van der Waals surface area contributed by atoms with Crippen LogP contribution in [0.5, 0.6) is 0 Å². The molecule has 4 nitrogen and oxygen atoms in total. The molecule has 0 radical (unpaired) electrons. The van der Waals surface area contributed by atoms with Gasteiger partial charge in [-0.1, -0.05) is 0 Å². The van der Waals surface area contributed by atoms with Gasteiger partial charge in [-0.15, -0.1) is 0 Å². The molecule has 1 aromatic rings. The highest BCUT2D eigenvalue weighted by molar-refractivity contribution is 5.48. The Morgan fingerprint density at radius 1 is 1.39 bits per heavy atom. The third kappa shape index (κ3) is 2.22. The number of pyridine rings is 1. The van der Waals surface area contributed by atoms with Crippen LogP contribution in [0.25, 0.3) is 0 Å². The third-order valence-electron chi connectivity index (χ3n) is 3.83. The van der Waals surface area contributed by atoms with Crippen molar-refractivity contribution in [3.8, 4) is 0 Å². The van der Waals surface area contributed by atoms with Crippen LogP contribution >= 0.6 is 0 Å². The first kappa shape index (κ1) is 11.9. The molecular weight excluding hydrogens is 226 g/mol. The van der Waals surface area contributed by atoms with Crippen LogP contribution in [0.2, 0.25) is 0 Å². The minimum Gasteiger partial charge on any atom is -0.371 e. The van der Waals surface area contributed by atoms with Crippen molar-refractivity contribution in [1.82, 2.24) is 10.3 Å². The van der Waals surface area contributed by atoms with Gasteiger partial charge in [-0.25, -0.2) is 4.98 Å². The average molecular weight is 247 g/mol. The molecule has 3 heterocycles. The van der Waals surface area contributed by atoms with Gasteiger partial charge in [0.15, 0.2) is 0 Å². The molecule has 4 heteroatoms. The lowest BCUT2D eigenvalue weighted by Gasteiger charge is -2.33. The average Bonchev–Trinajstić information content (AvgIpc) is 2.69. The number of hydrogen-bond donors (Lipinski definition) is 1. The minimum absolute atomic E-state index is 0.418. The van der Waals surface area contributed by atoms with E-state index in [9.17, 15) is 0 Å². The summed E-state index contributed by atoms with van der Waals surface area (Å²) < 4.78 is 5.87. The number of aromatic nitrogens is 1. The molecule has 3 rings (SSSR count). The summed E-state index contributed by atoms with van der Waals surface area (Å²) in [6.45, 7) is 5.02. The topological polar surface area (TPSA) is 37.4 Å². The number of rotatable bonds is 3. The predicted molar refractivity (Wildman–Crippen MR) is 71.8 cm³/mol. The lowest BCUT2D eigenvalue weighted by molar-refractivity contribution is 0.0302. The summed E-state index contributed by atoms with van der Waals surface area (Å²) in [4.78, 5) is 7.04. The number of morpholine rings is 1. The fourth-order valence-corrected chi connectivity index (χ4v) is 3.05. The zero-order valence-corrected chi connectivity index (χ0v) is 11.1. The summed E-state index contributed by atoms with van der Waals surface area (Å²) in [5.74, 6) is 1.13. The highest BCUT2D eigenvalue weighted by Gasteiger charge is 2.34. The van der Waals surface area contributed by atoms with Crippen molar-refractivity contribution >= 4 is 5.82 Å². The molecule has 0 spiro atoms. The molecule has 2 aliphatic heterocycles. The first-order chi connectivity index (χ1) is 8.76. The Labute approximate surface area is 108 Å². The quantitative estimate of drug-likeness (QED) is 0.878. The van der Waals surface area contributed by atoms with E-state index in [2.05, 4.69) is 28.2 Å². The van der Waals surface area contributed by atoms with Gasteiger partial charge in [-0.3, -0.25) is 0 Å². The Bertz CT molecular complexity index is 423. The van der Waals surface area contributed by atoms with Crippen molar-refractivity contribution in [2.45, 2.75) is 38.5 Å². The van der Waals surface area contributed by atoms with E-state index in [1.807, 2.05) is 13.2 Å². The highest BCUT2D eigenvalue weighted by atomic mass is 16.5. The number of nitrogens with zero attached hydrogens (tertiary/aromatic N) is 2. The van der Waals surface area contributed by atoms with Crippen molar-refractivity contribution < 1.29 is 4.74 Å². The number of aryl methyl sites for hydroxylation is 1. The van der Waals surface area contributed by atoms with Crippen LogP contribution in [0.4, 0.5) is 5.82 Å². The molecule has 0 amide bonds. The van der Waals surface area contributed by atoms with Gasteiger partial charge in [-0.2, -0.15) is 0 Å². The van der Waals surface area contributed by atoms with Crippen LogP contribution in [-0.4, -0.2) is 37.3 Å². The van der Waals surface area contributed by atoms with Gasteiger partial charge in [-0.05, 0) is 44.0 Å². The third-order valence-corrected chi connectivity index (χ3v) is 3.83. The van der Waals surface area contributed by atoms with Crippen LogP contribution < -0.4 is 10.2 Å². The summed E-state index contributed by atoms with van der Waals surface area (Å²) >= 11 is 0. The molecule has 1 aromatic heterocycles. The molecule has 0 aromatic carbocycles. The van der Waals surface area contributed by atoms with Gasteiger partial charge in [0.2, 0.25) is 0 Å². The number of anilines is 1. The van der Waals surface area contributed by atoms with Crippen molar-refractivity contribution in [3.63, 3.8) is 0 Å². The van der Waals surface area contributed by atoms with E-state index in [0.29, 0.717) is 12.2 Å². The summed E-state index contributed by atoms with van der Waals surface area (Å²) in [6, 6.07) is 2.23. The summed E-state index contributed by atoms with van der Waals surface area (Å²) in [5, 5.41) is 3.16. The molecule has 2 saturated heterocycles. The molecular formula is C14H21N3O. The Morgan fingerprint density at radius 3 is 2.72 bits per heavy atom. The molecule has 0 saturated carbocycles. The maximum atomic E-state index is 5.87. The largest absolute Gasteiger partial charge is 0.371 e. The lowest BCUT2D eigenvalue weighted by Crippen LogP contribution is -2.43. The molecule has 18 heavy (non-hydrogen) atoms. The molecule has 98 valence electrons. The van der Waals surface area contributed by atoms with Crippen LogP contribution in [-0.2, 0) is 11.3 Å². The van der Waals surface area contributed by atoms with Crippen molar-refractivity contribution in [2.24, 2.45) is 0 Å². The molecule has 0 aliphatic carbocycles. The van der Waals surface area contributed by atoms with Gasteiger partial charge in [0, 0.05) is 25.8 Å². The Balaban J connectivity index is 1.79. The van der Waals surface area contributed by atoms with Crippen molar-refractivity contribution in [2.75, 3.05) is 25.0 Å². The Hall–Kier alpha value is -1.13. The highest BCUT2D eigenvalue weighted by Crippen LogP contribution is 2.30. The van der Waals surface area contributed by atoms with E-state index in [1.165, 1.54) is 24.0 Å². The zero-order chi connectivity index (χ0) is 12.5. The predicted octanol–water partition coefficient (Wildman–Crippen LogP) is 1.48. The van der Waals surface area contributed by atoms with Crippen LogP contribution in [0, 0.1) is 6.92 Å². The lowest BCUT2D eigenvalue weighted by atomic mass is 10.2. The molecule has 2 atom stereocenters. The summed E-state index contributed by atoms with van der Waals surface area (Å²) in [7, 11) is 1.96. The Morgan fingerprint density at radius 2 is 2.11 bits per heavy atom. The number of fused-ring (bicyclic) bond motifs is 2. The van der Waals surface area contributed by atoms with E-state index >= 15 is 0 Å². The van der Waals surface area contributed by atoms with E-state index in [-0.39, 0.29) is 0 Å². The van der Waals surface area contributed by atoms with Crippen molar-refractivity contribution in [1.29, 1.82) is 0 Å². The van der Waals surface area contributed by atoms with Gasteiger partial charge < -0.3 is 15.0 Å². The normalized spacial score (nSPS) is 26.7. The van der Waals surface area contributed by atoms with E-state index in [4.69, 9.17) is 4.74 Å². The minimum atomic E-state index is 0.418. The molecule has 2 aliphatic rings. The SMILES string of the molecule is CNCc1cnc(N2CC3CCC(C2)O3)c(C)c1. The van der Waals surface area contributed by atoms with E-state index in [0.717, 1.165) is 25.5 Å². The number of hydrogen-bond acceptors (Lipinski definition) is 4. The van der Waals surface area contributed by atoms with Crippen LogP contribution in [0.15, 0.2) is 12.3 Å². The summed E-state index contributed by atoms with van der Waals surface area (Å²) in [5.41, 5.74) is 2.51. The first-order valence-corrected chi connectivity index (χ1v) is 6.77. The van der Waals surface area contributed by atoms with E-state index in [1.54, 1.807) is 0 Å². The second-order valence-corrected chi connectivity index (χ2v) is 5.38. The van der Waals surface area contributed by atoms with Crippen LogP contribution in [0.1, 0.15) is 24.0 Å². The first-order valence-electron chi connectivity index (χ1n) is 6.77. The van der Waals surface area contributed by atoms with E-state index < -0.39 is 0 Å². The van der Waals surface area contributed by atoms with Crippen LogP contribution in [0.3, 0.4) is 0 Å².